The maximum atomic E-state index is 11.7. The van der Waals surface area contributed by atoms with Crippen LogP contribution >= 0.6 is 31.9 Å². The lowest BCUT2D eigenvalue weighted by molar-refractivity contribution is -0.114. The van der Waals surface area contributed by atoms with Crippen molar-refractivity contribution >= 4 is 49.2 Å². The summed E-state index contributed by atoms with van der Waals surface area (Å²) in [5.41, 5.74) is 1.06. The molecule has 1 aromatic carbocycles. The van der Waals surface area contributed by atoms with Gasteiger partial charge in [-0.05, 0) is 28.1 Å². The van der Waals surface area contributed by atoms with E-state index in [-0.39, 0.29) is 0 Å². The first-order valence-corrected chi connectivity index (χ1v) is 6.09. The minimum Gasteiger partial charge on any atom is -0.300 e. The first-order chi connectivity index (χ1) is 7.52. The molecule has 2 rings (SSSR count). The zero-order valence-corrected chi connectivity index (χ0v) is 11.3. The molecule has 0 unspecified atom stereocenters. The zero-order valence-electron chi connectivity index (χ0n) is 8.17. The first-order valence-electron chi connectivity index (χ1n) is 4.50. The number of halogens is 2. The van der Waals surface area contributed by atoms with Crippen LogP contribution in [0.15, 0.2) is 33.7 Å². The number of amides is 1. The highest BCUT2D eigenvalue weighted by molar-refractivity contribution is 9.11. The van der Waals surface area contributed by atoms with Gasteiger partial charge in [-0.3, -0.25) is 14.5 Å². The summed E-state index contributed by atoms with van der Waals surface area (Å²) in [6.45, 7) is 3.97. The van der Waals surface area contributed by atoms with Gasteiger partial charge in [-0.15, -0.1) is 0 Å². The molecule has 82 valence electrons. The van der Waals surface area contributed by atoms with Crippen molar-refractivity contribution in [2.75, 3.05) is 11.4 Å². The predicted molar refractivity (Wildman–Crippen MR) is 68.9 cm³/mol. The molecule has 1 aliphatic rings. The molecule has 0 aliphatic carbocycles. The van der Waals surface area contributed by atoms with Gasteiger partial charge in [0, 0.05) is 8.96 Å². The number of rotatable bonds is 2. The second-order valence-corrected chi connectivity index (χ2v) is 5.35. The molecule has 1 amide bonds. The number of fused-ring (bicyclic) bond motifs is 1. The van der Waals surface area contributed by atoms with E-state index in [1.54, 1.807) is 18.2 Å². The minimum absolute atomic E-state index is 0.300. The van der Waals surface area contributed by atoms with Crippen LogP contribution in [0.4, 0.5) is 5.69 Å². The van der Waals surface area contributed by atoms with E-state index < -0.39 is 11.7 Å². The Bertz CT molecular complexity index is 511. The summed E-state index contributed by atoms with van der Waals surface area (Å²) < 4.78 is 1.30. The molecule has 1 aromatic rings. The number of carbonyl (C=O) groups is 2. The number of benzene rings is 1. The Morgan fingerprint density at radius 2 is 2.06 bits per heavy atom. The Labute approximate surface area is 109 Å². The van der Waals surface area contributed by atoms with Gasteiger partial charge in [0.2, 0.25) is 0 Å². The van der Waals surface area contributed by atoms with E-state index in [9.17, 15) is 9.59 Å². The standard InChI is InChI=1S/C11H7Br2NO2/c1-6(12)5-14-8-4-2-3-7(13)9(8)10(15)11(14)16/h2-4H,1,5H2. The third-order valence-electron chi connectivity index (χ3n) is 2.28. The van der Waals surface area contributed by atoms with Crippen molar-refractivity contribution in [1.82, 2.24) is 0 Å². The Hall–Kier alpha value is -0.940. The largest absolute Gasteiger partial charge is 0.300 e. The number of hydrogen-bond acceptors (Lipinski definition) is 2. The topological polar surface area (TPSA) is 37.4 Å². The van der Waals surface area contributed by atoms with Gasteiger partial charge < -0.3 is 0 Å². The van der Waals surface area contributed by atoms with Crippen LogP contribution in [-0.4, -0.2) is 18.2 Å². The fraction of sp³-hybridized carbons (Fsp3) is 0.0909. The second-order valence-electron chi connectivity index (χ2n) is 3.37. The molecule has 0 radical (unpaired) electrons. The van der Waals surface area contributed by atoms with Gasteiger partial charge in [0.05, 0.1) is 17.8 Å². The monoisotopic (exact) mass is 343 g/mol. The molecule has 5 heteroatoms. The highest BCUT2D eigenvalue weighted by Gasteiger charge is 2.37. The van der Waals surface area contributed by atoms with Crippen LogP contribution in [0.25, 0.3) is 0 Å². The fourth-order valence-corrected chi connectivity index (χ4v) is 2.42. The Balaban J connectivity index is 2.54. The van der Waals surface area contributed by atoms with Crippen LogP contribution in [0.5, 0.6) is 0 Å². The van der Waals surface area contributed by atoms with Crippen molar-refractivity contribution in [3.63, 3.8) is 0 Å². The van der Waals surface area contributed by atoms with Crippen molar-refractivity contribution in [2.45, 2.75) is 0 Å². The molecule has 0 N–H and O–H groups in total. The van der Waals surface area contributed by atoms with Crippen LogP contribution < -0.4 is 4.90 Å². The van der Waals surface area contributed by atoms with Crippen LogP contribution in [-0.2, 0) is 4.79 Å². The zero-order chi connectivity index (χ0) is 11.9. The lowest BCUT2D eigenvalue weighted by Gasteiger charge is -2.15. The molecule has 0 fully saturated rings. The Kier molecular flexibility index (Phi) is 2.99. The van der Waals surface area contributed by atoms with Gasteiger partial charge in [0.1, 0.15) is 0 Å². The van der Waals surface area contributed by atoms with Gasteiger partial charge >= 0.3 is 0 Å². The Morgan fingerprint density at radius 1 is 1.38 bits per heavy atom. The SMILES string of the molecule is C=C(Br)CN1C(=O)C(=O)c2c(Br)cccc21. The molecular formula is C11H7Br2NO2. The molecule has 0 atom stereocenters. The summed E-state index contributed by atoms with van der Waals surface area (Å²) in [6, 6.07) is 5.29. The number of carbonyl (C=O) groups excluding carboxylic acids is 2. The van der Waals surface area contributed by atoms with Crippen molar-refractivity contribution in [2.24, 2.45) is 0 Å². The van der Waals surface area contributed by atoms with Crippen molar-refractivity contribution in [3.05, 3.63) is 39.3 Å². The van der Waals surface area contributed by atoms with E-state index >= 15 is 0 Å². The van der Waals surface area contributed by atoms with Gasteiger partial charge in [0.25, 0.3) is 11.7 Å². The lowest BCUT2D eigenvalue weighted by Crippen LogP contribution is -2.30. The summed E-state index contributed by atoms with van der Waals surface area (Å²) in [4.78, 5) is 24.9. The van der Waals surface area contributed by atoms with E-state index in [2.05, 4.69) is 38.4 Å². The average molecular weight is 345 g/mol. The van der Waals surface area contributed by atoms with Crippen LogP contribution in [0.3, 0.4) is 0 Å². The number of Topliss-reactive ketones (excluding diaryl/α,β-unsaturated/α-hetero) is 1. The van der Waals surface area contributed by atoms with E-state index in [1.165, 1.54) is 4.90 Å². The molecule has 0 spiro atoms. The van der Waals surface area contributed by atoms with E-state index in [0.717, 1.165) is 0 Å². The van der Waals surface area contributed by atoms with E-state index in [4.69, 9.17) is 0 Å². The number of hydrogen-bond donors (Lipinski definition) is 0. The first kappa shape index (κ1) is 11.5. The average Bonchev–Trinajstić information content (AvgIpc) is 2.44. The predicted octanol–water partition coefficient (Wildman–Crippen LogP) is 2.89. The number of nitrogens with zero attached hydrogens (tertiary/aromatic N) is 1. The molecular weight excluding hydrogens is 338 g/mol. The molecule has 3 nitrogen and oxygen atoms in total. The van der Waals surface area contributed by atoms with Gasteiger partial charge in [0.15, 0.2) is 0 Å². The minimum atomic E-state index is -0.512. The second kappa shape index (κ2) is 4.14. The summed E-state index contributed by atoms with van der Waals surface area (Å²) >= 11 is 6.47. The quantitative estimate of drug-likeness (QED) is 0.773. The smallest absolute Gasteiger partial charge is 0.299 e. The maximum absolute atomic E-state index is 11.7. The summed E-state index contributed by atoms with van der Waals surface area (Å²) in [5.74, 6) is -0.987. The summed E-state index contributed by atoms with van der Waals surface area (Å²) in [6.07, 6.45) is 0. The molecule has 16 heavy (non-hydrogen) atoms. The van der Waals surface area contributed by atoms with Crippen molar-refractivity contribution in [3.8, 4) is 0 Å². The van der Waals surface area contributed by atoms with Crippen molar-refractivity contribution in [1.29, 1.82) is 0 Å². The molecule has 0 bridgehead atoms. The Morgan fingerprint density at radius 3 is 2.69 bits per heavy atom. The van der Waals surface area contributed by atoms with Gasteiger partial charge in [-0.2, -0.15) is 0 Å². The molecule has 0 aromatic heterocycles. The van der Waals surface area contributed by atoms with Crippen LogP contribution in [0, 0.1) is 0 Å². The third kappa shape index (κ3) is 1.74. The third-order valence-corrected chi connectivity index (χ3v) is 3.19. The fourth-order valence-electron chi connectivity index (χ4n) is 1.63. The lowest BCUT2D eigenvalue weighted by atomic mass is 10.1. The summed E-state index contributed by atoms with van der Waals surface area (Å²) in [7, 11) is 0. The molecule has 0 saturated carbocycles. The number of anilines is 1. The van der Waals surface area contributed by atoms with E-state index in [1.807, 2.05) is 0 Å². The number of ketones is 1. The van der Waals surface area contributed by atoms with Crippen molar-refractivity contribution < 1.29 is 9.59 Å². The highest BCUT2D eigenvalue weighted by atomic mass is 79.9. The van der Waals surface area contributed by atoms with E-state index in [0.29, 0.717) is 26.8 Å². The van der Waals surface area contributed by atoms with Crippen LogP contribution in [0.2, 0.25) is 0 Å². The summed E-state index contributed by atoms with van der Waals surface area (Å²) in [5, 5.41) is 0. The molecule has 1 heterocycles. The molecule has 1 aliphatic heterocycles. The van der Waals surface area contributed by atoms with Gasteiger partial charge in [-0.25, -0.2) is 0 Å². The van der Waals surface area contributed by atoms with Crippen LogP contribution in [0.1, 0.15) is 10.4 Å². The molecule has 0 saturated heterocycles. The maximum Gasteiger partial charge on any atom is 0.299 e. The normalized spacial score (nSPS) is 14.2. The van der Waals surface area contributed by atoms with Gasteiger partial charge in [-0.1, -0.05) is 28.6 Å². The highest BCUT2D eigenvalue weighted by Crippen LogP contribution is 2.34.